The van der Waals surface area contributed by atoms with Crippen LogP contribution in [0.3, 0.4) is 0 Å². The number of carbonyl (C=O) groups is 1. The van der Waals surface area contributed by atoms with Gasteiger partial charge in [0.05, 0.1) is 12.3 Å². The van der Waals surface area contributed by atoms with Gasteiger partial charge in [-0.3, -0.25) is 10.4 Å². The van der Waals surface area contributed by atoms with Crippen molar-refractivity contribution >= 4 is 24.4 Å². The number of aromatic nitrogens is 3. The van der Waals surface area contributed by atoms with E-state index < -0.39 is 11.7 Å². The van der Waals surface area contributed by atoms with Gasteiger partial charge in [0.2, 0.25) is 0 Å². The van der Waals surface area contributed by atoms with Crippen LogP contribution < -0.4 is 10.1 Å². The van der Waals surface area contributed by atoms with Crippen molar-refractivity contribution < 1.29 is 14.3 Å². The van der Waals surface area contributed by atoms with E-state index in [1.54, 1.807) is 0 Å². The Morgan fingerprint density at radius 2 is 2.25 bits per heavy atom. The number of fused-ring (bicyclic) bond motifs is 1. The first kappa shape index (κ1) is 16.6. The molecule has 128 valence electrons. The van der Waals surface area contributed by atoms with Gasteiger partial charge in [-0.1, -0.05) is 0 Å². The van der Waals surface area contributed by atoms with Crippen molar-refractivity contribution in [2.24, 2.45) is 0 Å². The lowest BCUT2D eigenvalue weighted by Crippen LogP contribution is -2.34. The monoisotopic (exact) mass is 348 g/mol. The van der Waals surface area contributed by atoms with Gasteiger partial charge < -0.3 is 9.47 Å². The average Bonchev–Trinajstić information content (AvgIpc) is 3.00. The number of anilines is 1. The van der Waals surface area contributed by atoms with Gasteiger partial charge in [-0.05, 0) is 38.5 Å². The van der Waals surface area contributed by atoms with E-state index in [-0.39, 0.29) is 5.25 Å². The van der Waals surface area contributed by atoms with Crippen molar-refractivity contribution in [1.82, 2.24) is 15.2 Å². The predicted molar refractivity (Wildman–Crippen MR) is 92.5 cm³/mol. The maximum absolute atomic E-state index is 11.5. The molecular weight excluding hydrogens is 328 g/mol. The molecule has 1 aromatic carbocycles. The molecule has 0 spiro atoms. The smallest absolute Gasteiger partial charge is 0.412 e. The van der Waals surface area contributed by atoms with Crippen LogP contribution in [-0.4, -0.2) is 33.1 Å². The highest BCUT2D eigenvalue weighted by atomic mass is 32.1. The molecule has 0 radical (unpaired) electrons. The Labute approximate surface area is 145 Å². The number of H-pyrrole nitrogens is 1. The lowest BCUT2D eigenvalue weighted by molar-refractivity contribution is 0.0418. The molecule has 1 aliphatic heterocycles. The van der Waals surface area contributed by atoms with Crippen LogP contribution in [-0.2, 0) is 16.8 Å². The Kier molecular flexibility index (Phi) is 4.66. The van der Waals surface area contributed by atoms with Gasteiger partial charge in [-0.2, -0.15) is 17.7 Å². The number of nitrogens with one attached hydrogen (secondary N) is 2. The van der Waals surface area contributed by atoms with Crippen molar-refractivity contribution in [3.8, 4) is 5.75 Å². The molecule has 24 heavy (non-hydrogen) atoms. The molecule has 0 bridgehead atoms. The minimum atomic E-state index is -0.685. The zero-order chi connectivity index (χ0) is 17.2. The van der Waals surface area contributed by atoms with Gasteiger partial charge in [-0.15, -0.1) is 0 Å². The largest absolute Gasteiger partial charge is 0.494 e. The standard InChI is InChI=1S/C16H20N4O3S/c1-16(2)12-7-10(3-4-13(12)19-15(21)23-16)22-6-5-11(24)8-14-17-9-18-20-14/h3-4,7,9,11,24H,5-6,8H2,1-2H3,(H,19,21)(H,17,18,20). The summed E-state index contributed by atoms with van der Waals surface area (Å²) in [5, 5.41) is 9.47. The summed E-state index contributed by atoms with van der Waals surface area (Å²) in [6.07, 6.45) is 2.54. The Hall–Kier alpha value is -2.22. The number of rotatable bonds is 6. The van der Waals surface area contributed by atoms with E-state index >= 15 is 0 Å². The summed E-state index contributed by atoms with van der Waals surface area (Å²) in [6, 6.07) is 5.57. The number of ether oxygens (including phenoxy) is 2. The topological polar surface area (TPSA) is 89.1 Å². The van der Waals surface area contributed by atoms with E-state index in [9.17, 15) is 4.79 Å². The minimum Gasteiger partial charge on any atom is -0.494 e. The quantitative estimate of drug-likeness (QED) is 0.699. The molecule has 1 aromatic heterocycles. The van der Waals surface area contributed by atoms with Crippen LogP contribution in [0.15, 0.2) is 24.5 Å². The summed E-state index contributed by atoms with van der Waals surface area (Å²) in [7, 11) is 0. The second kappa shape index (κ2) is 6.72. The normalized spacial score (nSPS) is 16.7. The van der Waals surface area contributed by atoms with E-state index in [2.05, 4.69) is 33.1 Å². The van der Waals surface area contributed by atoms with Gasteiger partial charge in [-0.25, -0.2) is 9.78 Å². The lowest BCUT2D eigenvalue weighted by Gasteiger charge is -2.32. The highest BCUT2D eigenvalue weighted by molar-refractivity contribution is 7.80. The number of hydrogen-bond donors (Lipinski definition) is 3. The van der Waals surface area contributed by atoms with E-state index in [1.807, 2.05) is 32.0 Å². The van der Waals surface area contributed by atoms with Crippen LogP contribution in [0.2, 0.25) is 0 Å². The number of cyclic esters (lactones) is 1. The first-order chi connectivity index (χ1) is 11.4. The molecule has 1 atom stereocenters. The number of aromatic amines is 1. The molecule has 1 aliphatic rings. The van der Waals surface area contributed by atoms with Crippen LogP contribution >= 0.6 is 12.6 Å². The molecule has 0 saturated heterocycles. The summed E-state index contributed by atoms with van der Waals surface area (Å²) in [6.45, 7) is 4.25. The second-order valence-corrected chi connectivity index (χ2v) is 6.89. The number of thiol groups is 1. The maximum atomic E-state index is 11.5. The zero-order valence-electron chi connectivity index (χ0n) is 13.6. The van der Waals surface area contributed by atoms with Crippen molar-refractivity contribution in [1.29, 1.82) is 0 Å². The highest BCUT2D eigenvalue weighted by Gasteiger charge is 2.33. The van der Waals surface area contributed by atoms with Crippen molar-refractivity contribution in [2.75, 3.05) is 11.9 Å². The number of amides is 1. The third-order valence-corrected chi connectivity index (χ3v) is 4.28. The van der Waals surface area contributed by atoms with Crippen LogP contribution in [0.5, 0.6) is 5.75 Å². The fourth-order valence-corrected chi connectivity index (χ4v) is 2.89. The summed E-state index contributed by atoms with van der Waals surface area (Å²) >= 11 is 4.54. The van der Waals surface area contributed by atoms with Crippen molar-refractivity contribution in [2.45, 2.75) is 37.5 Å². The molecule has 1 amide bonds. The van der Waals surface area contributed by atoms with Gasteiger partial charge in [0.15, 0.2) is 0 Å². The van der Waals surface area contributed by atoms with Gasteiger partial charge in [0.25, 0.3) is 0 Å². The molecule has 0 fully saturated rings. The zero-order valence-corrected chi connectivity index (χ0v) is 14.5. The van der Waals surface area contributed by atoms with Gasteiger partial charge >= 0.3 is 6.09 Å². The second-order valence-electron chi connectivity index (χ2n) is 6.16. The third-order valence-electron chi connectivity index (χ3n) is 3.84. The first-order valence-corrected chi connectivity index (χ1v) is 8.25. The van der Waals surface area contributed by atoms with E-state index in [0.717, 1.165) is 29.2 Å². The Morgan fingerprint density at radius 1 is 1.42 bits per heavy atom. The summed E-state index contributed by atoms with van der Waals surface area (Å²) in [5.74, 6) is 1.56. The summed E-state index contributed by atoms with van der Waals surface area (Å²) in [5.41, 5.74) is 0.958. The average molecular weight is 348 g/mol. The molecule has 2 N–H and O–H groups in total. The predicted octanol–water partition coefficient (Wildman–Crippen LogP) is 2.91. The molecule has 2 heterocycles. The molecule has 3 rings (SSSR count). The van der Waals surface area contributed by atoms with E-state index in [0.29, 0.717) is 13.0 Å². The van der Waals surface area contributed by atoms with E-state index in [4.69, 9.17) is 9.47 Å². The molecule has 0 saturated carbocycles. The minimum absolute atomic E-state index is 0.134. The van der Waals surface area contributed by atoms with E-state index in [1.165, 1.54) is 6.33 Å². The van der Waals surface area contributed by atoms with Gasteiger partial charge in [0, 0.05) is 17.2 Å². The Bertz CT molecular complexity index is 718. The molecule has 7 nitrogen and oxygen atoms in total. The SMILES string of the molecule is CC1(C)OC(=O)Nc2ccc(OCCC(S)Cc3ncn[nH]3)cc21. The number of nitrogens with zero attached hydrogens (tertiary/aromatic N) is 2. The van der Waals surface area contributed by atoms with Crippen molar-refractivity contribution in [3.63, 3.8) is 0 Å². The number of benzene rings is 1. The lowest BCUT2D eigenvalue weighted by atomic mass is 9.94. The van der Waals surface area contributed by atoms with Crippen LogP contribution in [0.25, 0.3) is 0 Å². The van der Waals surface area contributed by atoms with Crippen LogP contribution in [0, 0.1) is 0 Å². The fraction of sp³-hybridized carbons (Fsp3) is 0.438. The Balaban J connectivity index is 1.57. The summed E-state index contributed by atoms with van der Waals surface area (Å²) < 4.78 is 11.1. The third kappa shape index (κ3) is 3.81. The number of hydrogen-bond acceptors (Lipinski definition) is 6. The summed E-state index contributed by atoms with van der Waals surface area (Å²) in [4.78, 5) is 15.6. The van der Waals surface area contributed by atoms with Crippen LogP contribution in [0.4, 0.5) is 10.5 Å². The van der Waals surface area contributed by atoms with Crippen LogP contribution in [0.1, 0.15) is 31.7 Å². The first-order valence-electron chi connectivity index (χ1n) is 7.74. The molecular formula is C16H20N4O3S. The molecule has 0 aliphatic carbocycles. The fourth-order valence-electron chi connectivity index (χ4n) is 2.61. The Morgan fingerprint density at radius 3 is 3.00 bits per heavy atom. The van der Waals surface area contributed by atoms with Gasteiger partial charge in [0.1, 0.15) is 23.5 Å². The number of carbonyl (C=O) groups excluding carboxylic acids is 1. The van der Waals surface area contributed by atoms with Crippen molar-refractivity contribution in [3.05, 3.63) is 35.9 Å². The highest BCUT2D eigenvalue weighted by Crippen LogP contribution is 2.37. The molecule has 1 unspecified atom stereocenters. The molecule has 8 heteroatoms. The molecule has 2 aromatic rings. The maximum Gasteiger partial charge on any atom is 0.412 e.